The summed E-state index contributed by atoms with van der Waals surface area (Å²) in [5, 5.41) is 0. The van der Waals surface area contributed by atoms with E-state index in [1.54, 1.807) is 0 Å². The van der Waals surface area contributed by atoms with E-state index in [0.29, 0.717) is 5.92 Å². The van der Waals surface area contributed by atoms with Crippen LogP contribution in [0.1, 0.15) is 44.9 Å². The molecule has 0 aromatic heterocycles. The predicted octanol–water partition coefficient (Wildman–Crippen LogP) is 2.67. The molecule has 0 aromatic rings. The van der Waals surface area contributed by atoms with E-state index >= 15 is 0 Å². The fourth-order valence-corrected chi connectivity index (χ4v) is 4.10. The maximum Gasteiger partial charge on any atom is 0.238 e. The van der Waals surface area contributed by atoms with Gasteiger partial charge in [0, 0.05) is 10.7 Å². The minimum atomic E-state index is -3.31. The number of halogens is 1. The Kier molecular flexibility index (Phi) is 2.35. The standard InChI is InChI=1S/C9H15ClO2S/c10-13(11,12)9(5-6-9)7-8-3-1-2-4-8/h8H,1-7H2. The van der Waals surface area contributed by atoms with Crippen molar-refractivity contribution in [2.45, 2.75) is 49.7 Å². The van der Waals surface area contributed by atoms with Gasteiger partial charge in [-0.05, 0) is 25.2 Å². The van der Waals surface area contributed by atoms with Crippen LogP contribution < -0.4 is 0 Å². The third-order valence-corrected chi connectivity index (χ3v) is 6.05. The molecule has 2 fully saturated rings. The Hall–Kier alpha value is 0.240. The van der Waals surface area contributed by atoms with Crippen molar-refractivity contribution in [2.75, 3.05) is 0 Å². The predicted molar refractivity (Wildman–Crippen MR) is 53.3 cm³/mol. The quantitative estimate of drug-likeness (QED) is 0.688. The Morgan fingerprint density at radius 1 is 1.23 bits per heavy atom. The van der Waals surface area contributed by atoms with Gasteiger partial charge >= 0.3 is 0 Å². The van der Waals surface area contributed by atoms with Gasteiger partial charge in [-0.1, -0.05) is 25.7 Å². The third-order valence-electron chi connectivity index (χ3n) is 3.46. The van der Waals surface area contributed by atoms with Crippen LogP contribution in [0.4, 0.5) is 0 Å². The van der Waals surface area contributed by atoms with Crippen LogP contribution in [0.5, 0.6) is 0 Å². The minimum Gasteiger partial charge on any atom is -0.212 e. The SMILES string of the molecule is O=S(=O)(Cl)C1(CC2CCCC2)CC1. The molecule has 2 nitrogen and oxygen atoms in total. The summed E-state index contributed by atoms with van der Waals surface area (Å²) < 4.78 is 22.0. The highest BCUT2D eigenvalue weighted by Crippen LogP contribution is 2.52. The van der Waals surface area contributed by atoms with E-state index < -0.39 is 13.8 Å². The molecule has 0 heterocycles. The molecule has 0 spiro atoms. The lowest BCUT2D eigenvalue weighted by atomic mass is 10.0. The fourth-order valence-electron chi connectivity index (χ4n) is 2.43. The third kappa shape index (κ3) is 1.86. The second kappa shape index (κ2) is 3.13. The summed E-state index contributed by atoms with van der Waals surface area (Å²) in [6.45, 7) is 0. The van der Waals surface area contributed by atoms with Crippen molar-refractivity contribution in [1.82, 2.24) is 0 Å². The van der Waals surface area contributed by atoms with Crippen LogP contribution in [0, 0.1) is 5.92 Å². The Labute approximate surface area is 84.1 Å². The molecule has 76 valence electrons. The summed E-state index contributed by atoms with van der Waals surface area (Å²) in [5.74, 6) is 0.621. The summed E-state index contributed by atoms with van der Waals surface area (Å²) in [7, 11) is 2.13. The Bertz CT molecular complexity index is 287. The number of rotatable bonds is 3. The topological polar surface area (TPSA) is 34.1 Å². The molecule has 2 aliphatic carbocycles. The monoisotopic (exact) mass is 222 g/mol. The number of hydrogen-bond donors (Lipinski definition) is 0. The highest BCUT2D eigenvalue weighted by molar-refractivity contribution is 8.15. The molecule has 0 saturated heterocycles. The van der Waals surface area contributed by atoms with Crippen LogP contribution in [0.15, 0.2) is 0 Å². The van der Waals surface area contributed by atoms with Gasteiger partial charge in [-0.3, -0.25) is 0 Å². The Balaban J connectivity index is 2.01. The van der Waals surface area contributed by atoms with Crippen molar-refractivity contribution in [1.29, 1.82) is 0 Å². The highest BCUT2D eigenvalue weighted by Gasteiger charge is 2.54. The van der Waals surface area contributed by atoms with Crippen molar-refractivity contribution < 1.29 is 8.42 Å². The summed E-state index contributed by atoms with van der Waals surface area (Å²) in [4.78, 5) is 0. The summed E-state index contributed by atoms with van der Waals surface area (Å²) >= 11 is 0. The van der Waals surface area contributed by atoms with E-state index in [0.717, 1.165) is 19.3 Å². The van der Waals surface area contributed by atoms with Crippen molar-refractivity contribution in [3.8, 4) is 0 Å². The van der Waals surface area contributed by atoms with Gasteiger partial charge in [-0.2, -0.15) is 0 Å². The van der Waals surface area contributed by atoms with E-state index in [1.807, 2.05) is 0 Å². The first-order valence-corrected chi connectivity index (χ1v) is 7.29. The second-order valence-corrected chi connectivity index (χ2v) is 7.44. The maximum atomic E-state index is 11.3. The zero-order chi connectivity index (χ0) is 9.53. The van der Waals surface area contributed by atoms with Gasteiger partial charge in [0.05, 0.1) is 4.75 Å². The fraction of sp³-hybridized carbons (Fsp3) is 1.00. The molecule has 0 N–H and O–H groups in total. The van der Waals surface area contributed by atoms with Crippen molar-refractivity contribution in [3.05, 3.63) is 0 Å². The lowest BCUT2D eigenvalue weighted by Crippen LogP contribution is -2.21. The smallest absolute Gasteiger partial charge is 0.212 e. The maximum absolute atomic E-state index is 11.3. The van der Waals surface area contributed by atoms with Crippen LogP contribution in [0.2, 0.25) is 0 Å². The lowest BCUT2D eigenvalue weighted by molar-refractivity contribution is 0.472. The zero-order valence-corrected chi connectivity index (χ0v) is 9.20. The van der Waals surface area contributed by atoms with Gasteiger partial charge < -0.3 is 0 Å². The molecular weight excluding hydrogens is 208 g/mol. The average Bonchev–Trinajstić information content (AvgIpc) is 2.59. The summed E-state index contributed by atoms with van der Waals surface area (Å²) in [6.07, 6.45) is 7.33. The van der Waals surface area contributed by atoms with E-state index in [9.17, 15) is 8.42 Å². The Morgan fingerprint density at radius 3 is 2.15 bits per heavy atom. The lowest BCUT2D eigenvalue weighted by Gasteiger charge is -2.15. The molecule has 0 aliphatic heterocycles. The molecule has 2 aliphatic rings. The molecule has 13 heavy (non-hydrogen) atoms. The molecule has 2 rings (SSSR count). The molecule has 0 amide bonds. The van der Waals surface area contributed by atoms with Gasteiger partial charge in [0.1, 0.15) is 0 Å². The van der Waals surface area contributed by atoms with Crippen molar-refractivity contribution in [3.63, 3.8) is 0 Å². The van der Waals surface area contributed by atoms with Gasteiger partial charge in [-0.25, -0.2) is 8.42 Å². The molecule has 0 radical (unpaired) electrons. The Morgan fingerprint density at radius 2 is 1.77 bits per heavy atom. The first-order chi connectivity index (χ1) is 6.04. The first-order valence-electron chi connectivity index (χ1n) is 4.98. The van der Waals surface area contributed by atoms with Crippen LogP contribution in [0.3, 0.4) is 0 Å². The van der Waals surface area contributed by atoms with Gasteiger partial charge in [0.25, 0.3) is 0 Å². The van der Waals surface area contributed by atoms with Gasteiger partial charge in [-0.15, -0.1) is 0 Å². The molecule has 0 atom stereocenters. The van der Waals surface area contributed by atoms with Crippen LogP contribution in [0.25, 0.3) is 0 Å². The van der Waals surface area contributed by atoms with E-state index in [2.05, 4.69) is 0 Å². The highest BCUT2D eigenvalue weighted by atomic mass is 35.7. The second-order valence-electron chi connectivity index (χ2n) is 4.48. The van der Waals surface area contributed by atoms with Crippen molar-refractivity contribution in [2.24, 2.45) is 5.92 Å². The van der Waals surface area contributed by atoms with Crippen LogP contribution in [-0.2, 0) is 9.05 Å². The molecule has 4 heteroatoms. The van der Waals surface area contributed by atoms with Gasteiger partial charge in [0.2, 0.25) is 9.05 Å². The average molecular weight is 223 g/mol. The molecule has 0 aromatic carbocycles. The summed E-state index contributed by atoms with van der Waals surface area (Å²) in [6, 6.07) is 0. The van der Waals surface area contributed by atoms with E-state index in [1.165, 1.54) is 25.7 Å². The largest absolute Gasteiger partial charge is 0.238 e. The molecular formula is C9H15ClO2S. The summed E-state index contributed by atoms with van der Waals surface area (Å²) in [5.41, 5.74) is 0. The van der Waals surface area contributed by atoms with Gasteiger partial charge in [0.15, 0.2) is 0 Å². The number of hydrogen-bond acceptors (Lipinski definition) is 2. The minimum absolute atomic E-state index is 0.510. The molecule has 0 unspecified atom stereocenters. The molecule has 2 saturated carbocycles. The van der Waals surface area contributed by atoms with E-state index in [4.69, 9.17) is 10.7 Å². The normalized spacial score (nSPS) is 27.8. The van der Waals surface area contributed by atoms with Crippen LogP contribution in [-0.4, -0.2) is 13.2 Å². The molecule has 0 bridgehead atoms. The van der Waals surface area contributed by atoms with Crippen LogP contribution >= 0.6 is 10.7 Å². The van der Waals surface area contributed by atoms with E-state index in [-0.39, 0.29) is 0 Å². The first kappa shape index (κ1) is 9.78. The zero-order valence-electron chi connectivity index (χ0n) is 7.63. The van der Waals surface area contributed by atoms with Crippen molar-refractivity contribution >= 4 is 19.7 Å².